The zero-order chi connectivity index (χ0) is 19.9. The van der Waals surface area contributed by atoms with Gasteiger partial charge in [0, 0.05) is 18.4 Å². The third-order valence-corrected chi connectivity index (χ3v) is 4.08. The van der Waals surface area contributed by atoms with Gasteiger partial charge in [-0.15, -0.1) is 0 Å². The molecule has 3 aromatic rings. The summed E-state index contributed by atoms with van der Waals surface area (Å²) in [5, 5.41) is 19.4. The first-order valence-corrected chi connectivity index (χ1v) is 8.89. The minimum absolute atomic E-state index is 0.00170. The van der Waals surface area contributed by atoms with E-state index in [4.69, 9.17) is 16.7 Å². The Morgan fingerprint density at radius 2 is 2.21 bits per heavy atom. The van der Waals surface area contributed by atoms with Crippen LogP contribution in [-0.2, 0) is 17.9 Å². The molecule has 1 aromatic carbocycles. The lowest BCUT2D eigenvalue weighted by molar-refractivity contribution is -0.111. The highest BCUT2D eigenvalue weighted by molar-refractivity contribution is 6.32. The van der Waals surface area contributed by atoms with Crippen LogP contribution in [0.4, 0.5) is 11.5 Å². The minimum atomic E-state index is -0.268. The maximum atomic E-state index is 11.4. The largest absolute Gasteiger partial charge is 0.394 e. The summed E-state index contributed by atoms with van der Waals surface area (Å²) < 4.78 is 1.61. The van der Waals surface area contributed by atoms with Crippen molar-refractivity contribution < 1.29 is 9.90 Å². The summed E-state index contributed by atoms with van der Waals surface area (Å²) in [6.07, 6.45) is 6.13. The number of carbonyl (C=O) groups is 1. The predicted molar refractivity (Wildman–Crippen MR) is 108 cm³/mol. The third-order valence-electron chi connectivity index (χ3n) is 3.80. The van der Waals surface area contributed by atoms with Gasteiger partial charge in [-0.1, -0.05) is 30.3 Å². The molecule has 0 unspecified atom stereocenters. The highest BCUT2D eigenvalue weighted by Gasteiger charge is 2.10. The van der Waals surface area contributed by atoms with Crippen molar-refractivity contribution in [2.24, 2.45) is 0 Å². The molecule has 0 atom stereocenters. The standard InChI is InChI=1S/C19H19ClN6O2/c1-2-17(28)24-15-5-3-4-13(8-15)9-21-19-16(20)11-22-18(25-19)14-10-23-26(12-14)6-7-27/h2-5,8,10-12,27H,1,6-7,9H2,(H,24,28)(H,21,22,25). The van der Waals surface area contributed by atoms with Crippen LogP contribution in [0, 0.1) is 0 Å². The number of rotatable bonds is 8. The van der Waals surface area contributed by atoms with E-state index in [-0.39, 0.29) is 12.5 Å². The molecule has 0 saturated carbocycles. The van der Waals surface area contributed by atoms with Gasteiger partial charge in [0.1, 0.15) is 10.8 Å². The van der Waals surface area contributed by atoms with Gasteiger partial charge in [0.05, 0.1) is 31.1 Å². The molecule has 9 heteroatoms. The van der Waals surface area contributed by atoms with E-state index < -0.39 is 0 Å². The zero-order valence-electron chi connectivity index (χ0n) is 15.0. The highest BCUT2D eigenvalue weighted by Crippen LogP contribution is 2.23. The molecular weight excluding hydrogens is 380 g/mol. The van der Waals surface area contributed by atoms with E-state index in [1.54, 1.807) is 23.1 Å². The van der Waals surface area contributed by atoms with E-state index >= 15 is 0 Å². The number of aromatic nitrogens is 4. The van der Waals surface area contributed by atoms with Gasteiger partial charge in [-0.25, -0.2) is 9.97 Å². The Labute approximate surface area is 166 Å². The van der Waals surface area contributed by atoms with Crippen LogP contribution in [0.1, 0.15) is 5.56 Å². The predicted octanol–water partition coefficient (Wildman–Crippen LogP) is 2.72. The first-order valence-electron chi connectivity index (χ1n) is 8.51. The molecule has 28 heavy (non-hydrogen) atoms. The maximum Gasteiger partial charge on any atom is 0.247 e. The minimum Gasteiger partial charge on any atom is -0.394 e. The summed E-state index contributed by atoms with van der Waals surface area (Å²) in [7, 11) is 0. The maximum absolute atomic E-state index is 11.4. The van der Waals surface area contributed by atoms with E-state index in [1.165, 1.54) is 12.3 Å². The summed E-state index contributed by atoms with van der Waals surface area (Å²) in [6.45, 7) is 4.30. The fraction of sp³-hybridized carbons (Fsp3) is 0.158. The molecule has 3 rings (SSSR count). The van der Waals surface area contributed by atoms with Crippen molar-refractivity contribution in [2.75, 3.05) is 17.2 Å². The van der Waals surface area contributed by atoms with E-state index in [1.807, 2.05) is 18.2 Å². The van der Waals surface area contributed by atoms with Gasteiger partial charge in [-0.3, -0.25) is 9.48 Å². The van der Waals surface area contributed by atoms with Gasteiger partial charge >= 0.3 is 0 Å². The molecule has 0 fully saturated rings. The molecule has 2 heterocycles. The fourth-order valence-electron chi connectivity index (χ4n) is 2.47. The smallest absolute Gasteiger partial charge is 0.247 e. The van der Waals surface area contributed by atoms with Gasteiger partial charge in [-0.2, -0.15) is 5.10 Å². The Bertz CT molecular complexity index is 988. The molecule has 2 aromatic heterocycles. The van der Waals surface area contributed by atoms with Crippen molar-refractivity contribution in [3.8, 4) is 11.4 Å². The molecular formula is C19H19ClN6O2. The molecule has 0 aliphatic heterocycles. The highest BCUT2D eigenvalue weighted by atomic mass is 35.5. The van der Waals surface area contributed by atoms with Crippen LogP contribution in [0.3, 0.4) is 0 Å². The van der Waals surface area contributed by atoms with Crippen LogP contribution in [0.5, 0.6) is 0 Å². The SMILES string of the molecule is C=CC(=O)Nc1cccc(CNc2nc(-c3cnn(CCO)c3)ncc2Cl)c1. The Balaban J connectivity index is 1.73. The summed E-state index contributed by atoms with van der Waals surface area (Å²) in [4.78, 5) is 20.1. The molecule has 8 nitrogen and oxygen atoms in total. The van der Waals surface area contributed by atoms with Gasteiger partial charge < -0.3 is 15.7 Å². The van der Waals surface area contributed by atoms with Crippen molar-refractivity contribution in [1.29, 1.82) is 0 Å². The number of aliphatic hydroxyl groups is 1. The van der Waals surface area contributed by atoms with Crippen molar-refractivity contribution >= 4 is 29.0 Å². The number of anilines is 2. The van der Waals surface area contributed by atoms with Gasteiger partial charge in [-0.05, 0) is 23.8 Å². The van der Waals surface area contributed by atoms with Crippen LogP contribution in [-0.4, -0.2) is 37.4 Å². The van der Waals surface area contributed by atoms with Gasteiger partial charge in [0.25, 0.3) is 0 Å². The van der Waals surface area contributed by atoms with Crippen LogP contribution < -0.4 is 10.6 Å². The van der Waals surface area contributed by atoms with E-state index in [9.17, 15) is 4.79 Å². The lowest BCUT2D eigenvalue weighted by Crippen LogP contribution is -2.08. The van der Waals surface area contributed by atoms with Gasteiger partial charge in [0.15, 0.2) is 5.82 Å². The number of nitrogens with zero attached hydrogens (tertiary/aromatic N) is 4. The molecule has 0 spiro atoms. The van der Waals surface area contributed by atoms with Gasteiger partial charge in [0.2, 0.25) is 5.91 Å². The Morgan fingerprint density at radius 1 is 1.36 bits per heavy atom. The molecule has 0 aliphatic carbocycles. The fourth-order valence-corrected chi connectivity index (χ4v) is 2.63. The van der Waals surface area contributed by atoms with Crippen molar-refractivity contribution in [3.05, 3.63) is 66.1 Å². The summed E-state index contributed by atoms with van der Waals surface area (Å²) in [5.41, 5.74) is 2.34. The molecule has 0 radical (unpaired) electrons. The molecule has 0 bridgehead atoms. The monoisotopic (exact) mass is 398 g/mol. The average molecular weight is 399 g/mol. The number of nitrogens with one attached hydrogen (secondary N) is 2. The molecule has 3 N–H and O–H groups in total. The molecule has 0 saturated heterocycles. The number of benzene rings is 1. The first kappa shape index (κ1) is 19.5. The second-order valence-electron chi connectivity index (χ2n) is 5.85. The quantitative estimate of drug-likeness (QED) is 0.504. The van der Waals surface area contributed by atoms with Crippen molar-refractivity contribution in [1.82, 2.24) is 19.7 Å². The summed E-state index contributed by atoms with van der Waals surface area (Å²) in [6, 6.07) is 7.41. The number of amides is 1. The van der Waals surface area contributed by atoms with Crippen molar-refractivity contribution in [2.45, 2.75) is 13.1 Å². The zero-order valence-corrected chi connectivity index (χ0v) is 15.7. The molecule has 144 valence electrons. The number of halogens is 1. The topological polar surface area (TPSA) is 105 Å². The Morgan fingerprint density at radius 3 is 3.00 bits per heavy atom. The summed E-state index contributed by atoms with van der Waals surface area (Å²) >= 11 is 6.21. The lowest BCUT2D eigenvalue weighted by atomic mass is 10.2. The first-order chi connectivity index (χ1) is 13.6. The molecule has 1 amide bonds. The van der Waals surface area contributed by atoms with Crippen molar-refractivity contribution in [3.63, 3.8) is 0 Å². The van der Waals surface area contributed by atoms with Crippen LogP contribution in [0.2, 0.25) is 5.02 Å². The number of hydrogen-bond donors (Lipinski definition) is 3. The van der Waals surface area contributed by atoms with Crippen LogP contribution in [0.25, 0.3) is 11.4 Å². The Kier molecular flexibility index (Phi) is 6.36. The van der Waals surface area contributed by atoms with Crippen LogP contribution >= 0.6 is 11.6 Å². The number of aliphatic hydroxyl groups excluding tert-OH is 1. The normalized spacial score (nSPS) is 10.5. The number of hydrogen-bond acceptors (Lipinski definition) is 6. The second-order valence-corrected chi connectivity index (χ2v) is 6.26. The third kappa shape index (κ3) is 4.93. The second kappa shape index (κ2) is 9.12. The Hall–Kier alpha value is -3.23. The molecule has 0 aliphatic rings. The van der Waals surface area contributed by atoms with E-state index in [0.29, 0.717) is 35.4 Å². The number of carbonyl (C=O) groups excluding carboxylic acids is 1. The van der Waals surface area contributed by atoms with E-state index in [0.717, 1.165) is 11.1 Å². The van der Waals surface area contributed by atoms with E-state index in [2.05, 4.69) is 32.3 Å². The average Bonchev–Trinajstić information content (AvgIpc) is 3.16. The summed E-state index contributed by atoms with van der Waals surface area (Å²) in [5.74, 6) is 0.695. The lowest BCUT2D eigenvalue weighted by Gasteiger charge is -2.10. The van der Waals surface area contributed by atoms with Crippen LogP contribution in [0.15, 0.2) is 55.5 Å².